The first-order chi connectivity index (χ1) is 14.2. The third-order valence-corrected chi connectivity index (χ3v) is 6.23. The third-order valence-electron chi connectivity index (χ3n) is 5.11. The van der Waals surface area contributed by atoms with Crippen LogP contribution in [0.25, 0.3) is 0 Å². The maximum absolute atomic E-state index is 12.8. The van der Waals surface area contributed by atoms with Gasteiger partial charge in [-0.3, -0.25) is 9.78 Å². The summed E-state index contributed by atoms with van der Waals surface area (Å²) in [5, 5.41) is 9.40. The van der Waals surface area contributed by atoms with Crippen LogP contribution in [0.4, 0.5) is 5.95 Å². The van der Waals surface area contributed by atoms with Crippen LogP contribution in [0.5, 0.6) is 0 Å². The first kappa shape index (κ1) is 18.4. The molecular weight excluding hydrogens is 406 g/mol. The molecule has 5 rings (SSSR count). The molecule has 8 heteroatoms. The summed E-state index contributed by atoms with van der Waals surface area (Å²) in [6.45, 7) is 0. The zero-order chi connectivity index (χ0) is 19.8. The lowest BCUT2D eigenvalue weighted by Crippen LogP contribution is -2.31. The molecule has 1 atom stereocenters. The molecule has 0 amide bonds. The van der Waals surface area contributed by atoms with E-state index in [-0.39, 0.29) is 11.8 Å². The third kappa shape index (κ3) is 3.56. The second-order valence-electron chi connectivity index (χ2n) is 7.02. The number of carbonyl (C=O) groups is 1. The number of fused-ring (bicyclic) bond motifs is 1. The van der Waals surface area contributed by atoms with Crippen LogP contribution in [0.1, 0.15) is 36.6 Å². The number of nitrogens with zero attached hydrogens (tertiary/aromatic N) is 4. The molecule has 0 bridgehead atoms. The molecule has 1 aliphatic carbocycles. The standard InChI is InChI=1S/C21H18ClN5OS/c22-14-9-7-13(8-10-14)19-18-16(5-3-6-17(18)28)24-20-25-21(26-27(19)20)29-12-15-4-1-2-11-23-15/h1-2,4,7-11,19H,3,5-6,12H2,(H,24,25,26)/t19-/m0/s1. The molecule has 1 aromatic carbocycles. The van der Waals surface area contributed by atoms with Gasteiger partial charge in [0.05, 0.1) is 5.69 Å². The Kier molecular flexibility index (Phi) is 4.85. The van der Waals surface area contributed by atoms with Gasteiger partial charge in [0.25, 0.3) is 0 Å². The molecule has 0 spiro atoms. The Morgan fingerprint density at radius 2 is 2.03 bits per heavy atom. The number of nitrogens with one attached hydrogen (secondary N) is 1. The van der Waals surface area contributed by atoms with E-state index in [1.54, 1.807) is 6.20 Å². The van der Waals surface area contributed by atoms with Gasteiger partial charge in [-0.15, -0.1) is 5.10 Å². The van der Waals surface area contributed by atoms with E-state index in [0.29, 0.717) is 28.3 Å². The van der Waals surface area contributed by atoms with E-state index >= 15 is 0 Å². The Bertz CT molecular complexity index is 1090. The highest BCUT2D eigenvalue weighted by molar-refractivity contribution is 7.98. The van der Waals surface area contributed by atoms with Crippen LogP contribution < -0.4 is 5.32 Å². The Morgan fingerprint density at radius 1 is 1.17 bits per heavy atom. The molecule has 0 unspecified atom stereocenters. The van der Waals surface area contributed by atoms with E-state index in [9.17, 15) is 4.79 Å². The molecule has 29 heavy (non-hydrogen) atoms. The molecule has 0 fully saturated rings. The summed E-state index contributed by atoms with van der Waals surface area (Å²) < 4.78 is 1.83. The topological polar surface area (TPSA) is 72.7 Å². The highest BCUT2D eigenvalue weighted by atomic mass is 35.5. The number of carbonyl (C=O) groups excluding carboxylic acids is 1. The number of rotatable bonds is 4. The van der Waals surface area contributed by atoms with Crippen molar-refractivity contribution in [2.75, 3.05) is 5.32 Å². The fraction of sp³-hybridized carbons (Fsp3) is 0.238. The number of anilines is 1. The van der Waals surface area contributed by atoms with Crippen LogP contribution >= 0.6 is 23.4 Å². The Hall–Kier alpha value is -2.64. The first-order valence-electron chi connectivity index (χ1n) is 9.47. The fourth-order valence-electron chi connectivity index (χ4n) is 3.77. The molecule has 6 nitrogen and oxygen atoms in total. The number of aromatic nitrogens is 4. The number of hydrogen-bond donors (Lipinski definition) is 1. The van der Waals surface area contributed by atoms with Crippen molar-refractivity contribution < 1.29 is 4.79 Å². The summed E-state index contributed by atoms with van der Waals surface area (Å²) in [7, 11) is 0. The van der Waals surface area contributed by atoms with E-state index in [4.69, 9.17) is 16.7 Å². The minimum Gasteiger partial charge on any atom is -0.328 e. The van der Waals surface area contributed by atoms with Gasteiger partial charge in [0.2, 0.25) is 11.1 Å². The van der Waals surface area contributed by atoms with Crippen LogP contribution in [0, 0.1) is 0 Å². The van der Waals surface area contributed by atoms with Crippen molar-refractivity contribution in [1.29, 1.82) is 0 Å². The van der Waals surface area contributed by atoms with Gasteiger partial charge in [-0.25, -0.2) is 4.68 Å². The normalized spacial score (nSPS) is 18.2. The molecule has 146 valence electrons. The summed E-state index contributed by atoms with van der Waals surface area (Å²) in [6, 6.07) is 13.2. The Balaban J connectivity index is 1.52. The van der Waals surface area contributed by atoms with Crippen LogP contribution in [-0.2, 0) is 10.5 Å². The number of Topliss-reactive ketones (excluding diaryl/α,β-unsaturated/α-hetero) is 1. The SMILES string of the molecule is O=C1CCCC2=C1[C@H](c1ccc(Cl)cc1)n1nc(SCc3ccccn3)nc1N2. The van der Waals surface area contributed by atoms with Crippen molar-refractivity contribution in [2.45, 2.75) is 36.2 Å². The molecule has 3 aromatic rings. The van der Waals surface area contributed by atoms with Gasteiger partial charge in [0, 0.05) is 34.7 Å². The van der Waals surface area contributed by atoms with Crippen molar-refractivity contribution in [1.82, 2.24) is 19.7 Å². The first-order valence-corrected chi connectivity index (χ1v) is 10.8. The number of ketones is 1. The number of allylic oxidation sites excluding steroid dienone is 2. The predicted molar refractivity (Wildman–Crippen MR) is 113 cm³/mol. The molecular formula is C21H18ClN5OS. The minimum absolute atomic E-state index is 0.169. The van der Waals surface area contributed by atoms with Crippen molar-refractivity contribution in [3.63, 3.8) is 0 Å². The average Bonchev–Trinajstić information content (AvgIpc) is 3.15. The van der Waals surface area contributed by atoms with Gasteiger partial charge in [0.15, 0.2) is 5.78 Å². The predicted octanol–water partition coefficient (Wildman–Crippen LogP) is 4.64. The molecule has 0 saturated carbocycles. The van der Waals surface area contributed by atoms with Crippen molar-refractivity contribution in [2.24, 2.45) is 0 Å². The van der Waals surface area contributed by atoms with Gasteiger partial charge in [0.1, 0.15) is 6.04 Å². The Morgan fingerprint density at radius 3 is 2.83 bits per heavy atom. The number of halogens is 1. The van der Waals surface area contributed by atoms with Gasteiger partial charge >= 0.3 is 0 Å². The maximum Gasteiger partial charge on any atom is 0.227 e. The van der Waals surface area contributed by atoms with Gasteiger partial charge in [-0.2, -0.15) is 4.98 Å². The van der Waals surface area contributed by atoms with Crippen LogP contribution in [-0.4, -0.2) is 25.5 Å². The smallest absolute Gasteiger partial charge is 0.227 e. The zero-order valence-corrected chi connectivity index (χ0v) is 17.1. The number of benzene rings is 1. The van der Waals surface area contributed by atoms with Gasteiger partial charge in [-0.05, 0) is 42.7 Å². The van der Waals surface area contributed by atoms with Crippen LogP contribution in [0.3, 0.4) is 0 Å². The molecule has 2 aliphatic rings. The van der Waals surface area contributed by atoms with Crippen molar-refractivity contribution in [3.05, 3.63) is 76.2 Å². The molecule has 1 aliphatic heterocycles. The highest BCUT2D eigenvalue weighted by Crippen LogP contribution is 2.40. The fourth-order valence-corrected chi connectivity index (χ4v) is 4.64. The molecule has 3 heterocycles. The molecule has 2 aromatic heterocycles. The monoisotopic (exact) mass is 423 g/mol. The summed E-state index contributed by atoms with van der Waals surface area (Å²) in [6.07, 6.45) is 4.04. The summed E-state index contributed by atoms with van der Waals surface area (Å²) in [5.41, 5.74) is 3.70. The summed E-state index contributed by atoms with van der Waals surface area (Å²) in [4.78, 5) is 21.8. The number of pyridine rings is 1. The average molecular weight is 424 g/mol. The van der Waals surface area contributed by atoms with E-state index in [0.717, 1.165) is 35.4 Å². The van der Waals surface area contributed by atoms with E-state index in [1.165, 1.54) is 11.8 Å². The summed E-state index contributed by atoms with van der Waals surface area (Å²) >= 11 is 7.62. The lowest BCUT2D eigenvalue weighted by Gasteiger charge is -2.32. The van der Waals surface area contributed by atoms with Gasteiger partial charge in [-0.1, -0.05) is 41.6 Å². The van der Waals surface area contributed by atoms with E-state index in [1.807, 2.05) is 47.1 Å². The van der Waals surface area contributed by atoms with Crippen molar-refractivity contribution in [3.8, 4) is 0 Å². The summed E-state index contributed by atoms with van der Waals surface area (Å²) in [5.74, 6) is 1.52. The molecule has 1 N–H and O–H groups in total. The second-order valence-corrected chi connectivity index (χ2v) is 8.40. The van der Waals surface area contributed by atoms with E-state index < -0.39 is 0 Å². The van der Waals surface area contributed by atoms with Gasteiger partial charge < -0.3 is 5.32 Å². The maximum atomic E-state index is 12.8. The van der Waals surface area contributed by atoms with E-state index in [2.05, 4.69) is 15.3 Å². The lowest BCUT2D eigenvalue weighted by atomic mass is 9.85. The number of hydrogen-bond acceptors (Lipinski definition) is 6. The minimum atomic E-state index is -0.289. The molecule has 0 radical (unpaired) electrons. The van der Waals surface area contributed by atoms with Crippen molar-refractivity contribution >= 4 is 35.1 Å². The zero-order valence-electron chi connectivity index (χ0n) is 15.5. The number of thioether (sulfide) groups is 1. The second kappa shape index (κ2) is 7.65. The molecule has 0 saturated heterocycles. The van der Waals surface area contributed by atoms with Crippen LogP contribution in [0.2, 0.25) is 5.02 Å². The lowest BCUT2D eigenvalue weighted by molar-refractivity contribution is -0.116. The Labute approximate surface area is 177 Å². The quantitative estimate of drug-likeness (QED) is 0.616. The highest BCUT2D eigenvalue weighted by Gasteiger charge is 2.36. The largest absolute Gasteiger partial charge is 0.328 e. The van der Waals surface area contributed by atoms with Crippen LogP contribution in [0.15, 0.2) is 65.1 Å².